The van der Waals surface area contributed by atoms with Gasteiger partial charge in [0.1, 0.15) is 5.69 Å². The summed E-state index contributed by atoms with van der Waals surface area (Å²) in [5.74, 6) is 0.555. The lowest BCUT2D eigenvalue weighted by Crippen LogP contribution is -2.28. The first kappa shape index (κ1) is 15.6. The van der Waals surface area contributed by atoms with Gasteiger partial charge in [0.15, 0.2) is 0 Å². The van der Waals surface area contributed by atoms with Crippen LogP contribution in [0.15, 0.2) is 54.0 Å². The van der Waals surface area contributed by atoms with Crippen LogP contribution in [0.4, 0.5) is 0 Å². The topological polar surface area (TPSA) is 47.1 Å². The molecule has 124 valence electrons. The molecular weight excluding hydrogens is 316 g/mol. The summed E-state index contributed by atoms with van der Waals surface area (Å²) in [4.78, 5) is 3.66. The van der Waals surface area contributed by atoms with Crippen molar-refractivity contribution in [1.82, 2.24) is 14.7 Å². The lowest BCUT2D eigenvalue weighted by Gasteiger charge is -2.14. The van der Waals surface area contributed by atoms with Crippen molar-refractivity contribution in [3.05, 3.63) is 59.6 Å². The third-order valence-electron chi connectivity index (χ3n) is 4.71. The van der Waals surface area contributed by atoms with E-state index in [9.17, 15) is 0 Å². The number of thiophene rings is 1. The molecule has 3 heterocycles. The lowest BCUT2D eigenvalue weighted by atomic mass is 10.1. The lowest BCUT2D eigenvalue weighted by molar-refractivity contribution is 0.319. The maximum absolute atomic E-state index is 6.19. The van der Waals surface area contributed by atoms with Gasteiger partial charge in [-0.2, -0.15) is 5.10 Å². The fraction of sp³-hybridized carbons (Fsp3) is 0.316. The summed E-state index contributed by atoms with van der Waals surface area (Å²) in [6.45, 7) is 5.15. The van der Waals surface area contributed by atoms with E-state index in [1.165, 1.54) is 10.4 Å². The molecule has 2 N–H and O–H groups in total. The SMILES string of the molecule is CC1CN(Cc2cn(-c3ccccc3)nc2-c2cccs2)CC1N. The predicted octanol–water partition coefficient (Wildman–Crippen LogP) is 3.38. The Labute approximate surface area is 146 Å². The number of rotatable bonds is 4. The minimum absolute atomic E-state index is 0.277. The Hall–Kier alpha value is -1.95. The number of nitrogens with zero attached hydrogens (tertiary/aromatic N) is 3. The Balaban J connectivity index is 1.68. The normalized spacial score (nSPS) is 21.4. The summed E-state index contributed by atoms with van der Waals surface area (Å²) in [6, 6.07) is 14.8. The number of likely N-dealkylation sites (tertiary alicyclic amines) is 1. The number of nitrogens with two attached hydrogens (primary N) is 1. The minimum Gasteiger partial charge on any atom is -0.326 e. The van der Waals surface area contributed by atoms with Gasteiger partial charge in [0, 0.05) is 37.4 Å². The molecular formula is C19H22N4S. The van der Waals surface area contributed by atoms with E-state index >= 15 is 0 Å². The third-order valence-corrected chi connectivity index (χ3v) is 5.58. The van der Waals surface area contributed by atoms with Crippen LogP contribution in [0.5, 0.6) is 0 Å². The quantitative estimate of drug-likeness (QED) is 0.793. The first-order valence-electron chi connectivity index (χ1n) is 8.36. The van der Waals surface area contributed by atoms with Crippen molar-refractivity contribution in [3.63, 3.8) is 0 Å². The van der Waals surface area contributed by atoms with Crippen LogP contribution in [-0.4, -0.2) is 33.8 Å². The minimum atomic E-state index is 0.277. The van der Waals surface area contributed by atoms with E-state index < -0.39 is 0 Å². The molecule has 1 aliphatic heterocycles. The first-order valence-corrected chi connectivity index (χ1v) is 9.24. The van der Waals surface area contributed by atoms with Gasteiger partial charge in [-0.1, -0.05) is 31.2 Å². The molecule has 4 rings (SSSR count). The van der Waals surface area contributed by atoms with Crippen LogP contribution >= 0.6 is 11.3 Å². The zero-order chi connectivity index (χ0) is 16.5. The summed E-state index contributed by atoms with van der Waals surface area (Å²) < 4.78 is 1.99. The number of hydrogen-bond acceptors (Lipinski definition) is 4. The molecule has 1 aliphatic rings. The van der Waals surface area contributed by atoms with E-state index in [4.69, 9.17) is 10.8 Å². The maximum atomic E-state index is 6.19. The van der Waals surface area contributed by atoms with Gasteiger partial charge in [0.2, 0.25) is 0 Å². The van der Waals surface area contributed by atoms with Crippen molar-refractivity contribution in [2.75, 3.05) is 13.1 Å². The van der Waals surface area contributed by atoms with Crippen LogP contribution in [0.1, 0.15) is 12.5 Å². The highest BCUT2D eigenvalue weighted by molar-refractivity contribution is 7.13. The summed E-state index contributed by atoms with van der Waals surface area (Å²) in [5, 5.41) is 6.98. The Kier molecular flexibility index (Phi) is 4.22. The summed E-state index contributed by atoms with van der Waals surface area (Å²) >= 11 is 1.74. The fourth-order valence-corrected chi connectivity index (χ4v) is 4.07. The van der Waals surface area contributed by atoms with Crippen molar-refractivity contribution in [1.29, 1.82) is 0 Å². The molecule has 5 heteroatoms. The molecule has 0 saturated carbocycles. The molecule has 2 unspecified atom stereocenters. The van der Waals surface area contributed by atoms with E-state index in [0.29, 0.717) is 5.92 Å². The van der Waals surface area contributed by atoms with Gasteiger partial charge in [0.05, 0.1) is 10.6 Å². The Morgan fingerprint density at radius 2 is 2.00 bits per heavy atom. The van der Waals surface area contributed by atoms with Gasteiger partial charge in [-0.3, -0.25) is 4.90 Å². The van der Waals surface area contributed by atoms with Crippen molar-refractivity contribution in [2.45, 2.75) is 19.5 Å². The monoisotopic (exact) mass is 338 g/mol. The Morgan fingerprint density at radius 1 is 1.17 bits per heavy atom. The van der Waals surface area contributed by atoms with E-state index in [1.54, 1.807) is 11.3 Å². The second-order valence-electron chi connectivity index (χ2n) is 6.60. The molecule has 1 aromatic carbocycles. The van der Waals surface area contributed by atoms with Crippen LogP contribution in [0.2, 0.25) is 0 Å². The predicted molar refractivity (Wildman–Crippen MR) is 99.3 cm³/mol. The Bertz CT molecular complexity index is 784. The standard InChI is InChI=1S/C19H22N4S/c1-14-10-22(13-17(14)20)11-15-12-23(16-6-3-2-4-7-16)21-19(15)18-8-5-9-24-18/h2-9,12,14,17H,10-11,13,20H2,1H3. The largest absolute Gasteiger partial charge is 0.326 e. The van der Waals surface area contributed by atoms with E-state index in [-0.39, 0.29) is 6.04 Å². The molecule has 0 radical (unpaired) electrons. The van der Waals surface area contributed by atoms with Gasteiger partial charge in [-0.05, 0) is 29.5 Å². The number of aromatic nitrogens is 2. The molecule has 0 bridgehead atoms. The average Bonchev–Trinajstić information content (AvgIpc) is 3.30. The zero-order valence-electron chi connectivity index (χ0n) is 13.8. The Morgan fingerprint density at radius 3 is 2.67 bits per heavy atom. The zero-order valence-corrected chi connectivity index (χ0v) is 14.6. The highest BCUT2D eigenvalue weighted by atomic mass is 32.1. The van der Waals surface area contributed by atoms with E-state index in [2.05, 4.69) is 47.7 Å². The van der Waals surface area contributed by atoms with Crippen LogP contribution < -0.4 is 5.73 Å². The first-order chi connectivity index (χ1) is 11.7. The number of benzene rings is 1. The summed E-state index contributed by atoms with van der Waals surface area (Å²) in [7, 11) is 0. The third kappa shape index (κ3) is 3.02. The molecule has 2 atom stereocenters. The van der Waals surface area contributed by atoms with Crippen LogP contribution in [0.3, 0.4) is 0 Å². The summed E-state index contributed by atoms with van der Waals surface area (Å²) in [5.41, 5.74) is 9.63. The molecule has 24 heavy (non-hydrogen) atoms. The van der Waals surface area contributed by atoms with Gasteiger partial charge in [-0.15, -0.1) is 11.3 Å². The second-order valence-corrected chi connectivity index (χ2v) is 7.54. The number of para-hydroxylation sites is 1. The van der Waals surface area contributed by atoms with Crippen LogP contribution in [0.25, 0.3) is 16.3 Å². The van der Waals surface area contributed by atoms with Gasteiger partial charge >= 0.3 is 0 Å². The molecule has 0 spiro atoms. The molecule has 4 nitrogen and oxygen atoms in total. The van der Waals surface area contributed by atoms with Crippen molar-refractivity contribution >= 4 is 11.3 Å². The number of hydrogen-bond donors (Lipinski definition) is 1. The molecule has 0 amide bonds. The molecule has 1 fully saturated rings. The average molecular weight is 338 g/mol. The van der Waals surface area contributed by atoms with Gasteiger partial charge in [-0.25, -0.2) is 4.68 Å². The van der Waals surface area contributed by atoms with Crippen molar-refractivity contribution in [3.8, 4) is 16.3 Å². The van der Waals surface area contributed by atoms with Gasteiger partial charge < -0.3 is 5.73 Å². The van der Waals surface area contributed by atoms with Crippen LogP contribution in [-0.2, 0) is 6.54 Å². The molecule has 0 aliphatic carbocycles. The maximum Gasteiger partial charge on any atom is 0.107 e. The highest BCUT2D eigenvalue weighted by Crippen LogP contribution is 2.29. The smallest absolute Gasteiger partial charge is 0.107 e. The summed E-state index contributed by atoms with van der Waals surface area (Å²) in [6.07, 6.45) is 2.17. The second kappa shape index (κ2) is 6.51. The molecule has 1 saturated heterocycles. The molecule has 3 aromatic rings. The van der Waals surface area contributed by atoms with Crippen molar-refractivity contribution < 1.29 is 0 Å². The van der Waals surface area contributed by atoms with Crippen molar-refractivity contribution in [2.24, 2.45) is 11.7 Å². The van der Waals surface area contributed by atoms with Gasteiger partial charge in [0.25, 0.3) is 0 Å². The fourth-order valence-electron chi connectivity index (χ4n) is 3.32. The van der Waals surface area contributed by atoms with Crippen LogP contribution in [0, 0.1) is 5.92 Å². The van der Waals surface area contributed by atoms with E-state index in [1.807, 2.05) is 22.9 Å². The van der Waals surface area contributed by atoms with E-state index in [0.717, 1.165) is 31.0 Å². The highest BCUT2D eigenvalue weighted by Gasteiger charge is 2.27. The molecule has 2 aromatic heterocycles.